The predicted octanol–water partition coefficient (Wildman–Crippen LogP) is 1.50. The van der Waals surface area contributed by atoms with Gasteiger partial charge in [0.25, 0.3) is 0 Å². The van der Waals surface area contributed by atoms with Gasteiger partial charge < -0.3 is 10.8 Å². The highest BCUT2D eigenvalue weighted by Crippen LogP contribution is 2.19. The highest BCUT2D eigenvalue weighted by atomic mass is 16.4. The van der Waals surface area contributed by atoms with Crippen molar-refractivity contribution in [1.29, 1.82) is 0 Å². The van der Waals surface area contributed by atoms with Crippen molar-refractivity contribution in [3.8, 4) is 0 Å². The fourth-order valence-corrected chi connectivity index (χ4v) is 1.33. The Balaban J connectivity index is 3.28. The number of pyridine rings is 1. The second-order valence-electron chi connectivity index (χ2n) is 3.21. The van der Waals surface area contributed by atoms with Crippen LogP contribution in [0.2, 0.25) is 0 Å². The number of hydrogen-bond acceptors (Lipinski definition) is 3. The Bertz CT molecular complexity index is 350. The summed E-state index contributed by atoms with van der Waals surface area (Å²) in [5.74, 6) is -0.963. The van der Waals surface area contributed by atoms with E-state index in [9.17, 15) is 4.79 Å². The molecule has 1 aromatic heterocycles. The van der Waals surface area contributed by atoms with Gasteiger partial charge in [-0.2, -0.15) is 0 Å². The van der Waals surface area contributed by atoms with Crippen LogP contribution in [0.4, 0.5) is 0 Å². The molecular weight excluding hydrogens is 180 g/mol. The van der Waals surface area contributed by atoms with Gasteiger partial charge in [0.05, 0.1) is 11.3 Å². The Hall–Kier alpha value is -1.42. The van der Waals surface area contributed by atoms with Crippen LogP contribution in [0.15, 0.2) is 12.3 Å². The van der Waals surface area contributed by atoms with Crippen molar-refractivity contribution >= 4 is 5.97 Å². The van der Waals surface area contributed by atoms with Crippen LogP contribution in [0, 0.1) is 6.92 Å². The second-order valence-corrected chi connectivity index (χ2v) is 3.21. The standard InChI is InChI=1S/C10H14N2O2/c1-3-7(11)9-8(10(13)14)6(2)4-5-12-9/h4-5,7H,3,11H2,1-2H3,(H,13,14). The summed E-state index contributed by atoms with van der Waals surface area (Å²) < 4.78 is 0. The fourth-order valence-electron chi connectivity index (χ4n) is 1.33. The van der Waals surface area contributed by atoms with Crippen molar-refractivity contribution in [1.82, 2.24) is 4.98 Å². The van der Waals surface area contributed by atoms with E-state index in [-0.39, 0.29) is 11.6 Å². The van der Waals surface area contributed by atoms with Crippen LogP contribution in [0.5, 0.6) is 0 Å². The highest BCUT2D eigenvalue weighted by molar-refractivity contribution is 5.90. The largest absolute Gasteiger partial charge is 0.478 e. The lowest BCUT2D eigenvalue weighted by Crippen LogP contribution is -2.17. The summed E-state index contributed by atoms with van der Waals surface area (Å²) in [5.41, 5.74) is 7.19. The molecular formula is C10H14N2O2. The first-order valence-corrected chi connectivity index (χ1v) is 4.52. The van der Waals surface area contributed by atoms with Crippen LogP contribution in [0.3, 0.4) is 0 Å². The van der Waals surface area contributed by atoms with Gasteiger partial charge in [0.2, 0.25) is 0 Å². The fraction of sp³-hybridized carbons (Fsp3) is 0.400. The molecule has 0 aliphatic carbocycles. The maximum atomic E-state index is 11.0. The van der Waals surface area contributed by atoms with E-state index in [0.29, 0.717) is 17.7 Å². The van der Waals surface area contributed by atoms with Gasteiger partial charge in [-0.15, -0.1) is 0 Å². The van der Waals surface area contributed by atoms with E-state index in [1.54, 1.807) is 19.2 Å². The van der Waals surface area contributed by atoms with E-state index >= 15 is 0 Å². The number of hydrogen-bond donors (Lipinski definition) is 2. The number of carbonyl (C=O) groups is 1. The average Bonchev–Trinajstić information content (AvgIpc) is 2.15. The molecule has 0 aliphatic heterocycles. The number of carboxylic acid groups (broad SMARTS) is 1. The van der Waals surface area contributed by atoms with E-state index in [4.69, 9.17) is 10.8 Å². The monoisotopic (exact) mass is 194 g/mol. The molecule has 3 N–H and O–H groups in total. The average molecular weight is 194 g/mol. The zero-order valence-electron chi connectivity index (χ0n) is 8.32. The molecule has 0 aromatic carbocycles. The quantitative estimate of drug-likeness (QED) is 0.764. The Morgan fingerprint density at radius 2 is 2.36 bits per heavy atom. The van der Waals surface area contributed by atoms with Crippen molar-refractivity contribution in [2.45, 2.75) is 26.3 Å². The zero-order valence-corrected chi connectivity index (χ0v) is 8.32. The van der Waals surface area contributed by atoms with Crippen LogP contribution < -0.4 is 5.73 Å². The van der Waals surface area contributed by atoms with Gasteiger partial charge in [0, 0.05) is 12.2 Å². The van der Waals surface area contributed by atoms with Crippen molar-refractivity contribution in [2.75, 3.05) is 0 Å². The van der Waals surface area contributed by atoms with Gasteiger partial charge in [-0.05, 0) is 25.0 Å². The van der Waals surface area contributed by atoms with Crippen molar-refractivity contribution < 1.29 is 9.90 Å². The van der Waals surface area contributed by atoms with E-state index in [1.165, 1.54) is 0 Å². The first-order chi connectivity index (χ1) is 6.57. The highest BCUT2D eigenvalue weighted by Gasteiger charge is 2.18. The Morgan fingerprint density at radius 1 is 1.71 bits per heavy atom. The minimum absolute atomic E-state index is 0.238. The summed E-state index contributed by atoms with van der Waals surface area (Å²) in [6, 6.07) is 1.37. The second kappa shape index (κ2) is 4.19. The lowest BCUT2D eigenvalue weighted by Gasteiger charge is -2.12. The minimum atomic E-state index is -0.963. The number of rotatable bonds is 3. The minimum Gasteiger partial charge on any atom is -0.478 e. The van der Waals surface area contributed by atoms with E-state index in [1.807, 2.05) is 6.92 Å². The number of carboxylic acids is 1. The summed E-state index contributed by atoms with van der Waals surface area (Å²) in [4.78, 5) is 15.0. The summed E-state index contributed by atoms with van der Waals surface area (Å²) in [5, 5.41) is 9.00. The number of aromatic nitrogens is 1. The third-order valence-corrected chi connectivity index (χ3v) is 2.19. The first kappa shape index (κ1) is 10.7. The number of nitrogens with two attached hydrogens (primary N) is 1. The normalized spacial score (nSPS) is 12.5. The predicted molar refractivity (Wildman–Crippen MR) is 53.2 cm³/mol. The van der Waals surface area contributed by atoms with Crippen LogP contribution in [-0.4, -0.2) is 16.1 Å². The molecule has 4 heteroatoms. The SMILES string of the molecule is CCC(N)c1nccc(C)c1C(=O)O. The van der Waals surface area contributed by atoms with Crippen LogP contribution in [0.1, 0.15) is 41.0 Å². The molecule has 0 amide bonds. The first-order valence-electron chi connectivity index (χ1n) is 4.52. The Kier molecular flexibility index (Phi) is 3.19. The molecule has 0 saturated heterocycles. The van der Waals surface area contributed by atoms with Crippen LogP contribution >= 0.6 is 0 Å². The molecule has 0 spiro atoms. The molecule has 1 aromatic rings. The van der Waals surface area contributed by atoms with E-state index in [2.05, 4.69) is 4.98 Å². The third kappa shape index (κ3) is 1.90. The Morgan fingerprint density at radius 3 is 2.86 bits per heavy atom. The van der Waals surface area contributed by atoms with Gasteiger partial charge in [0.1, 0.15) is 0 Å². The molecule has 14 heavy (non-hydrogen) atoms. The summed E-state index contributed by atoms with van der Waals surface area (Å²) in [6.07, 6.45) is 2.27. The van der Waals surface area contributed by atoms with Crippen molar-refractivity contribution in [3.63, 3.8) is 0 Å². The summed E-state index contributed by atoms with van der Waals surface area (Å²) in [7, 11) is 0. The molecule has 4 nitrogen and oxygen atoms in total. The molecule has 0 aliphatic rings. The van der Waals surface area contributed by atoms with Crippen LogP contribution in [-0.2, 0) is 0 Å². The summed E-state index contributed by atoms with van der Waals surface area (Å²) in [6.45, 7) is 3.65. The Labute approximate surface area is 82.8 Å². The third-order valence-electron chi connectivity index (χ3n) is 2.19. The van der Waals surface area contributed by atoms with Crippen molar-refractivity contribution in [3.05, 3.63) is 29.1 Å². The maximum Gasteiger partial charge on any atom is 0.337 e. The lowest BCUT2D eigenvalue weighted by molar-refractivity contribution is 0.0693. The maximum absolute atomic E-state index is 11.0. The molecule has 1 atom stereocenters. The van der Waals surface area contributed by atoms with Gasteiger partial charge in [-0.3, -0.25) is 4.98 Å². The number of nitrogens with zero attached hydrogens (tertiary/aromatic N) is 1. The zero-order chi connectivity index (χ0) is 10.7. The number of aryl methyl sites for hydroxylation is 1. The van der Waals surface area contributed by atoms with E-state index in [0.717, 1.165) is 0 Å². The summed E-state index contributed by atoms with van der Waals surface area (Å²) >= 11 is 0. The molecule has 1 rings (SSSR count). The molecule has 0 bridgehead atoms. The van der Waals surface area contributed by atoms with Crippen molar-refractivity contribution in [2.24, 2.45) is 5.73 Å². The topological polar surface area (TPSA) is 76.2 Å². The molecule has 0 saturated carbocycles. The lowest BCUT2D eigenvalue weighted by atomic mass is 10.0. The molecule has 1 unspecified atom stereocenters. The van der Waals surface area contributed by atoms with Gasteiger partial charge in [-0.25, -0.2) is 4.79 Å². The molecule has 1 heterocycles. The van der Waals surface area contributed by atoms with Crippen LogP contribution in [0.25, 0.3) is 0 Å². The smallest absolute Gasteiger partial charge is 0.337 e. The van der Waals surface area contributed by atoms with E-state index < -0.39 is 5.97 Å². The number of aromatic carboxylic acids is 1. The molecule has 0 radical (unpaired) electrons. The molecule has 76 valence electrons. The molecule has 0 fully saturated rings. The van der Waals surface area contributed by atoms with Gasteiger partial charge >= 0.3 is 5.97 Å². The van der Waals surface area contributed by atoms with Gasteiger partial charge in [0.15, 0.2) is 0 Å². The van der Waals surface area contributed by atoms with Gasteiger partial charge in [-0.1, -0.05) is 6.92 Å².